The van der Waals surface area contributed by atoms with Gasteiger partial charge in [-0.3, -0.25) is 4.79 Å². The van der Waals surface area contributed by atoms with E-state index < -0.39 is 17.2 Å². The molecule has 1 aliphatic rings. The molecule has 0 aliphatic carbocycles. The van der Waals surface area contributed by atoms with Crippen LogP contribution in [0.5, 0.6) is 0 Å². The third-order valence-electron chi connectivity index (χ3n) is 6.84. The van der Waals surface area contributed by atoms with Crippen LogP contribution in [0.4, 0.5) is 14.6 Å². The molecule has 1 unspecified atom stereocenters. The molecule has 0 saturated heterocycles. The lowest BCUT2D eigenvalue weighted by Crippen LogP contribution is -2.45. The van der Waals surface area contributed by atoms with Gasteiger partial charge in [-0.1, -0.05) is 50.2 Å². The molecule has 0 saturated carbocycles. The normalized spacial score (nSPS) is 17.2. The van der Waals surface area contributed by atoms with Crippen molar-refractivity contribution in [3.8, 4) is 0 Å². The fourth-order valence-electron chi connectivity index (χ4n) is 4.79. The van der Waals surface area contributed by atoms with E-state index in [1.165, 1.54) is 12.1 Å². The minimum absolute atomic E-state index is 0.0326. The van der Waals surface area contributed by atoms with E-state index in [0.717, 1.165) is 18.1 Å². The Bertz CT molecular complexity index is 1150. The van der Waals surface area contributed by atoms with Gasteiger partial charge in [-0.2, -0.15) is 5.10 Å². The predicted octanol–water partition coefficient (Wildman–Crippen LogP) is 5.90. The number of hydrogen-bond donors (Lipinski definition) is 2. The van der Waals surface area contributed by atoms with Crippen LogP contribution < -0.4 is 10.6 Å². The summed E-state index contributed by atoms with van der Waals surface area (Å²) in [6.07, 6.45) is 3.44. The number of nitrogens with one attached hydrogen (secondary N) is 2. The molecule has 7 heteroatoms. The summed E-state index contributed by atoms with van der Waals surface area (Å²) < 4.78 is 29.4. The van der Waals surface area contributed by atoms with Gasteiger partial charge in [0.05, 0.1) is 23.3 Å². The molecule has 1 amide bonds. The molecule has 2 N–H and O–H groups in total. The number of halogens is 2. The molecule has 1 aromatic heterocycles. The van der Waals surface area contributed by atoms with Gasteiger partial charge in [-0.25, -0.2) is 13.5 Å². The van der Waals surface area contributed by atoms with E-state index >= 15 is 0 Å². The largest absolute Gasteiger partial charge is 0.363 e. The topological polar surface area (TPSA) is 59.0 Å². The number of carbonyl (C=O) groups excluding carboxylic acids is 1. The van der Waals surface area contributed by atoms with Gasteiger partial charge in [0.2, 0.25) is 0 Å². The summed E-state index contributed by atoms with van der Waals surface area (Å²) >= 11 is 0. The second kappa shape index (κ2) is 8.61. The van der Waals surface area contributed by atoms with Crippen molar-refractivity contribution < 1.29 is 13.6 Å². The van der Waals surface area contributed by atoms with Crippen molar-refractivity contribution in [1.82, 2.24) is 15.1 Å². The Morgan fingerprint density at radius 3 is 2.48 bits per heavy atom. The van der Waals surface area contributed by atoms with E-state index in [9.17, 15) is 13.6 Å². The lowest BCUT2D eigenvalue weighted by molar-refractivity contribution is 0.0889. The molecule has 2 heterocycles. The van der Waals surface area contributed by atoms with E-state index in [-0.39, 0.29) is 17.5 Å². The van der Waals surface area contributed by atoms with Crippen LogP contribution in [0, 0.1) is 11.6 Å². The van der Waals surface area contributed by atoms with Gasteiger partial charge in [-0.05, 0) is 56.4 Å². The first-order chi connectivity index (χ1) is 15.7. The van der Waals surface area contributed by atoms with Gasteiger partial charge in [0.1, 0.15) is 11.4 Å². The summed E-state index contributed by atoms with van der Waals surface area (Å²) in [5, 5.41) is 11.1. The van der Waals surface area contributed by atoms with Crippen molar-refractivity contribution in [3.63, 3.8) is 0 Å². The fourth-order valence-corrected chi connectivity index (χ4v) is 4.79. The molecule has 1 aliphatic heterocycles. The Kier molecular flexibility index (Phi) is 5.99. The summed E-state index contributed by atoms with van der Waals surface area (Å²) in [7, 11) is 0. The number of fused-ring (bicyclic) bond motifs is 1. The first-order valence-electron chi connectivity index (χ1n) is 11.4. The lowest BCUT2D eigenvalue weighted by atomic mass is 9.84. The molecule has 3 aromatic rings. The fraction of sp³-hybridized carbons (Fsp3) is 0.385. The van der Waals surface area contributed by atoms with Gasteiger partial charge in [0.25, 0.3) is 5.91 Å². The van der Waals surface area contributed by atoms with Crippen LogP contribution in [0.3, 0.4) is 0 Å². The minimum Gasteiger partial charge on any atom is -0.363 e. The van der Waals surface area contributed by atoms with Gasteiger partial charge in [0, 0.05) is 0 Å². The molecule has 0 bridgehead atoms. The van der Waals surface area contributed by atoms with Gasteiger partial charge >= 0.3 is 0 Å². The zero-order valence-corrected chi connectivity index (χ0v) is 19.5. The third-order valence-corrected chi connectivity index (χ3v) is 6.84. The first kappa shape index (κ1) is 23.0. The Morgan fingerprint density at radius 1 is 1.15 bits per heavy atom. The molecule has 0 radical (unpaired) electrons. The Morgan fingerprint density at radius 2 is 1.85 bits per heavy atom. The molecule has 33 heavy (non-hydrogen) atoms. The van der Waals surface area contributed by atoms with Crippen LogP contribution in [0.25, 0.3) is 0 Å². The van der Waals surface area contributed by atoms with Crippen molar-refractivity contribution >= 4 is 11.7 Å². The monoisotopic (exact) mass is 452 g/mol. The predicted molar refractivity (Wildman–Crippen MR) is 125 cm³/mol. The first-order valence-corrected chi connectivity index (χ1v) is 11.4. The summed E-state index contributed by atoms with van der Waals surface area (Å²) in [6, 6.07) is 14.0. The highest BCUT2D eigenvalue weighted by Crippen LogP contribution is 2.40. The van der Waals surface area contributed by atoms with E-state index in [0.29, 0.717) is 29.8 Å². The number of hydrogen-bond acceptors (Lipinski definition) is 3. The molecule has 0 fully saturated rings. The van der Waals surface area contributed by atoms with E-state index in [2.05, 4.69) is 41.7 Å². The molecule has 174 valence electrons. The van der Waals surface area contributed by atoms with Crippen molar-refractivity contribution in [3.05, 3.63) is 83.1 Å². The van der Waals surface area contributed by atoms with E-state index in [1.54, 1.807) is 6.20 Å². The zero-order valence-electron chi connectivity index (χ0n) is 19.5. The standard InChI is InChI=1S/C26H30F2N4O/c1-5-26(6-2,18-12-13-20(27)21(28)14-18)31-24(33)19-16-29-32-23(19)30-22(15-25(32,3)4)17-10-8-7-9-11-17/h7-14,16,22,30H,5-6,15H2,1-4H3,(H,31,33). The van der Waals surface area contributed by atoms with Crippen molar-refractivity contribution in [2.75, 3.05) is 5.32 Å². The quantitative estimate of drug-likeness (QED) is 0.490. The zero-order chi connectivity index (χ0) is 23.8. The number of amides is 1. The second-order valence-corrected chi connectivity index (χ2v) is 9.32. The van der Waals surface area contributed by atoms with Crippen LogP contribution in [-0.4, -0.2) is 15.7 Å². The molecule has 4 rings (SSSR count). The molecular weight excluding hydrogens is 422 g/mol. The Hall–Kier alpha value is -3.22. The van der Waals surface area contributed by atoms with Gasteiger partial charge in [0.15, 0.2) is 11.6 Å². The van der Waals surface area contributed by atoms with Crippen molar-refractivity contribution in [2.45, 2.75) is 64.1 Å². The smallest absolute Gasteiger partial charge is 0.257 e. The summed E-state index contributed by atoms with van der Waals surface area (Å²) in [5.41, 5.74) is 0.979. The van der Waals surface area contributed by atoms with Gasteiger partial charge < -0.3 is 10.6 Å². The number of aromatic nitrogens is 2. The third kappa shape index (κ3) is 4.12. The summed E-state index contributed by atoms with van der Waals surface area (Å²) in [5.74, 6) is -1.48. The molecule has 0 spiro atoms. The number of benzene rings is 2. The Labute approximate surface area is 193 Å². The highest BCUT2D eigenvalue weighted by Gasteiger charge is 2.38. The Balaban J connectivity index is 1.68. The molecule has 2 aromatic carbocycles. The maximum atomic E-state index is 14.0. The van der Waals surface area contributed by atoms with Crippen LogP contribution >= 0.6 is 0 Å². The molecule has 1 atom stereocenters. The van der Waals surface area contributed by atoms with E-state index in [4.69, 9.17) is 0 Å². The molecule has 5 nitrogen and oxygen atoms in total. The maximum Gasteiger partial charge on any atom is 0.257 e. The SMILES string of the molecule is CCC(CC)(NC(=O)c1cnn2c1NC(c1ccccc1)CC2(C)C)c1ccc(F)c(F)c1. The number of rotatable bonds is 6. The van der Waals surface area contributed by atoms with Crippen LogP contribution in [0.1, 0.15) is 74.5 Å². The second-order valence-electron chi connectivity index (χ2n) is 9.32. The van der Waals surface area contributed by atoms with Crippen molar-refractivity contribution in [2.24, 2.45) is 0 Å². The summed E-state index contributed by atoms with van der Waals surface area (Å²) in [6.45, 7) is 8.05. The van der Waals surface area contributed by atoms with Crippen molar-refractivity contribution in [1.29, 1.82) is 0 Å². The van der Waals surface area contributed by atoms with Crippen LogP contribution in [0.2, 0.25) is 0 Å². The lowest BCUT2D eigenvalue weighted by Gasteiger charge is -2.38. The highest BCUT2D eigenvalue weighted by molar-refractivity contribution is 5.99. The summed E-state index contributed by atoms with van der Waals surface area (Å²) in [4.78, 5) is 13.5. The number of nitrogens with zero attached hydrogens (tertiary/aromatic N) is 2. The number of carbonyl (C=O) groups is 1. The van der Waals surface area contributed by atoms with Gasteiger partial charge in [-0.15, -0.1) is 0 Å². The maximum absolute atomic E-state index is 14.0. The van der Waals surface area contributed by atoms with Crippen LogP contribution in [-0.2, 0) is 11.1 Å². The molecular formula is C26H30F2N4O. The number of anilines is 1. The average molecular weight is 453 g/mol. The van der Waals surface area contributed by atoms with Crippen LogP contribution in [0.15, 0.2) is 54.7 Å². The van der Waals surface area contributed by atoms with E-state index in [1.807, 2.05) is 36.7 Å². The highest BCUT2D eigenvalue weighted by atomic mass is 19.2. The average Bonchev–Trinajstić information content (AvgIpc) is 3.25. The minimum atomic E-state index is -0.926.